The molecular formula is C22H27NO5S. The molecule has 3 rings (SSSR count). The summed E-state index contributed by atoms with van der Waals surface area (Å²) in [5.41, 5.74) is 2.22. The summed E-state index contributed by atoms with van der Waals surface area (Å²) in [6.07, 6.45) is -0.106. The second kappa shape index (κ2) is 8.86. The third-order valence-electron chi connectivity index (χ3n) is 4.95. The number of fused-ring (bicyclic) bond motifs is 1. The third-order valence-corrected chi connectivity index (χ3v) is 6.66. The molecule has 1 N–H and O–H groups in total. The van der Waals surface area contributed by atoms with Crippen LogP contribution in [0.5, 0.6) is 11.5 Å². The SMILES string of the molecule is CC(C)c1ccc([C@@H](C)NC(=O)CCS(=O)(=O)c2ccc3c(c2)OCCO3)cc1. The highest BCUT2D eigenvalue weighted by molar-refractivity contribution is 7.91. The summed E-state index contributed by atoms with van der Waals surface area (Å²) < 4.78 is 36.1. The Morgan fingerprint density at radius 3 is 2.24 bits per heavy atom. The number of carbonyl (C=O) groups is 1. The van der Waals surface area contributed by atoms with Crippen LogP contribution in [0, 0.1) is 0 Å². The molecule has 0 unspecified atom stereocenters. The Balaban J connectivity index is 1.58. The molecule has 1 aliphatic rings. The minimum atomic E-state index is -3.60. The van der Waals surface area contributed by atoms with Gasteiger partial charge < -0.3 is 14.8 Å². The van der Waals surface area contributed by atoms with E-state index < -0.39 is 9.84 Å². The lowest BCUT2D eigenvalue weighted by Gasteiger charge is -2.19. The summed E-state index contributed by atoms with van der Waals surface area (Å²) in [4.78, 5) is 12.4. The van der Waals surface area contributed by atoms with Gasteiger partial charge in [0.15, 0.2) is 21.3 Å². The average molecular weight is 418 g/mol. The molecule has 0 spiro atoms. The first kappa shape index (κ1) is 21.2. The lowest BCUT2D eigenvalue weighted by molar-refractivity contribution is -0.121. The summed E-state index contributed by atoms with van der Waals surface area (Å²) in [5, 5.41) is 2.87. The van der Waals surface area contributed by atoms with Crippen LogP contribution in [0.4, 0.5) is 0 Å². The Hall–Kier alpha value is -2.54. The maximum atomic E-state index is 12.6. The van der Waals surface area contributed by atoms with E-state index in [4.69, 9.17) is 9.47 Å². The van der Waals surface area contributed by atoms with E-state index in [0.717, 1.165) is 5.56 Å². The van der Waals surface area contributed by atoms with Gasteiger partial charge in [0.2, 0.25) is 5.91 Å². The number of hydrogen-bond acceptors (Lipinski definition) is 5. The molecule has 7 heteroatoms. The summed E-state index contributed by atoms with van der Waals surface area (Å²) in [6.45, 7) is 6.97. The van der Waals surface area contributed by atoms with Crippen LogP contribution in [0.1, 0.15) is 50.3 Å². The first-order valence-corrected chi connectivity index (χ1v) is 11.4. The number of hydrogen-bond donors (Lipinski definition) is 1. The monoisotopic (exact) mass is 417 g/mol. The van der Waals surface area contributed by atoms with Gasteiger partial charge in [0.1, 0.15) is 13.2 Å². The number of ether oxygens (including phenoxy) is 2. The number of carbonyl (C=O) groups excluding carboxylic acids is 1. The third kappa shape index (κ3) is 5.29. The van der Waals surface area contributed by atoms with E-state index in [-0.39, 0.29) is 29.0 Å². The average Bonchev–Trinajstić information content (AvgIpc) is 2.72. The summed E-state index contributed by atoms with van der Waals surface area (Å²) in [5.74, 6) is 0.828. The molecule has 0 fully saturated rings. The molecule has 0 aromatic heterocycles. The van der Waals surface area contributed by atoms with Crippen LogP contribution in [0.15, 0.2) is 47.4 Å². The molecule has 0 bridgehead atoms. The highest BCUT2D eigenvalue weighted by Gasteiger charge is 2.21. The van der Waals surface area contributed by atoms with Crippen molar-refractivity contribution in [2.45, 2.75) is 44.0 Å². The molecule has 2 aromatic carbocycles. The Kier molecular flexibility index (Phi) is 6.47. The molecule has 0 radical (unpaired) electrons. The molecule has 1 amide bonds. The zero-order valence-corrected chi connectivity index (χ0v) is 17.8. The summed E-state index contributed by atoms with van der Waals surface area (Å²) in [7, 11) is -3.60. The van der Waals surface area contributed by atoms with Crippen molar-refractivity contribution in [2.24, 2.45) is 0 Å². The number of rotatable bonds is 7. The largest absolute Gasteiger partial charge is 0.486 e. The second-order valence-corrected chi connectivity index (χ2v) is 9.59. The smallest absolute Gasteiger partial charge is 0.221 e. The van der Waals surface area contributed by atoms with E-state index in [1.807, 2.05) is 19.1 Å². The van der Waals surface area contributed by atoms with E-state index in [1.165, 1.54) is 17.7 Å². The predicted octanol–water partition coefficient (Wildman–Crippen LogP) is 3.62. The molecule has 1 heterocycles. The lowest BCUT2D eigenvalue weighted by atomic mass is 9.99. The molecule has 0 saturated carbocycles. The molecule has 156 valence electrons. The van der Waals surface area contributed by atoms with Crippen molar-refractivity contribution in [1.29, 1.82) is 0 Å². The van der Waals surface area contributed by atoms with E-state index in [2.05, 4.69) is 31.3 Å². The molecule has 2 aromatic rings. The van der Waals surface area contributed by atoms with Gasteiger partial charge in [0.25, 0.3) is 0 Å². The minimum Gasteiger partial charge on any atom is -0.486 e. The standard InChI is InChI=1S/C22H27NO5S/c1-15(2)17-4-6-18(7-5-17)16(3)23-22(24)10-13-29(25,26)19-8-9-20-21(14-19)28-12-11-27-20/h4-9,14-16H,10-13H2,1-3H3,(H,23,24)/t16-/m1/s1. The highest BCUT2D eigenvalue weighted by atomic mass is 32.2. The molecule has 6 nitrogen and oxygen atoms in total. The quantitative estimate of drug-likeness (QED) is 0.744. The van der Waals surface area contributed by atoms with Crippen LogP contribution in [-0.4, -0.2) is 33.3 Å². The van der Waals surface area contributed by atoms with E-state index in [0.29, 0.717) is 30.6 Å². The number of benzene rings is 2. The zero-order valence-electron chi connectivity index (χ0n) is 17.0. The Morgan fingerprint density at radius 1 is 0.966 bits per heavy atom. The predicted molar refractivity (Wildman–Crippen MR) is 111 cm³/mol. The molecular weight excluding hydrogens is 390 g/mol. The zero-order chi connectivity index (χ0) is 21.0. The lowest BCUT2D eigenvalue weighted by Crippen LogP contribution is -2.28. The van der Waals surface area contributed by atoms with Crippen LogP contribution in [-0.2, 0) is 14.6 Å². The van der Waals surface area contributed by atoms with Crippen LogP contribution in [0.25, 0.3) is 0 Å². The van der Waals surface area contributed by atoms with Gasteiger partial charge >= 0.3 is 0 Å². The first-order chi connectivity index (χ1) is 13.8. The van der Waals surface area contributed by atoms with Gasteiger partial charge in [-0.05, 0) is 36.1 Å². The number of nitrogens with one attached hydrogen (secondary N) is 1. The molecule has 1 atom stereocenters. The van der Waals surface area contributed by atoms with Crippen LogP contribution in [0.2, 0.25) is 0 Å². The van der Waals surface area contributed by atoms with Gasteiger partial charge in [-0.1, -0.05) is 38.1 Å². The van der Waals surface area contributed by atoms with Gasteiger partial charge in [-0.15, -0.1) is 0 Å². The Bertz CT molecular complexity index is 967. The second-order valence-electron chi connectivity index (χ2n) is 7.48. The van der Waals surface area contributed by atoms with Crippen LogP contribution >= 0.6 is 0 Å². The van der Waals surface area contributed by atoms with Crippen molar-refractivity contribution in [1.82, 2.24) is 5.32 Å². The van der Waals surface area contributed by atoms with Crippen molar-refractivity contribution in [3.8, 4) is 11.5 Å². The van der Waals surface area contributed by atoms with E-state index in [1.54, 1.807) is 6.07 Å². The number of amides is 1. The van der Waals surface area contributed by atoms with Gasteiger partial charge in [-0.2, -0.15) is 0 Å². The van der Waals surface area contributed by atoms with Crippen LogP contribution < -0.4 is 14.8 Å². The Labute approximate surface area is 172 Å². The summed E-state index contributed by atoms with van der Waals surface area (Å²) >= 11 is 0. The maximum Gasteiger partial charge on any atom is 0.221 e. The number of sulfone groups is 1. The Morgan fingerprint density at radius 2 is 1.59 bits per heavy atom. The van der Waals surface area contributed by atoms with Gasteiger partial charge in [0.05, 0.1) is 16.7 Å². The van der Waals surface area contributed by atoms with Gasteiger partial charge in [-0.25, -0.2) is 8.42 Å². The van der Waals surface area contributed by atoms with Crippen LogP contribution in [0.3, 0.4) is 0 Å². The molecule has 29 heavy (non-hydrogen) atoms. The maximum absolute atomic E-state index is 12.6. The molecule has 1 aliphatic heterocycles. The topological polar surface area (TPSA) is 81.7 Å². The minimum absolute atomic E-state index is 0.106. The van der Waals surface area contributed by atoms with E-state index >= 15 is 0 Å². The van der Waals surface area contributed by atoms with Crippen molar-refractivity contribution in [3.05, 3.63) is 53.6 Å². The van der Waals surface area contributed by atoms with Crippen molar-refractivity contribution >= 4 is 15.7 Å². The normalized spacial score (nSPS) is 14.5. The highest BCUT2D eigenvalue weighted by Crippen LogP contribution is 2.32. The van der Waals surface area contributed by atoms with Crippen molar-refractivity contribution in [2.75, 3.05) is 19.0 Å². The summed E-state index contributed by atoms with van der Waals surface area (Å²) in [6, 6.07) is 12.4. The van der Waals surface area contributed by atoms with Crippen molar-refractivity contribution < 1.29 is 22.7 Å². The van der Waals surface area contributed by atoms with Gasteiger partial charge in [0, 0.05) is 12.5 Å². The molecule has 0 saturated heterocycles. The molecule has 0 aliphatic carbocycles. The van der Waals surface area contributed by atoms with Gasteiger partial charge in [-0.3, -0.25) is 4.79 Å². The fourth-order valence-corrected chi connectivity index (χ4v) is 4.38. The van der Waals surface area contributed by atoms with Crippen molar-refractivity contribution in [3.63, 3.8) is 0 Å². The fraction of sp³-hybridized carbons (Fsp3) is 0.409. The van der Waals surface area contributed by atoms with E-state index in [9.17, 15) is 13.2 Å². The fourth-order valence-electron chi connectivity index (χ4n) is 3.13. The first-order valence-electron chi connectivity index (χ1n) is 9.78.